The number of benzene rings is 1. The highest BCUT2D eigenvalue weighted by Gasteiger charge is 2.50. The molecule has 1 aromatic carbocycles. The average molecular weight is 576 g/mol. The van der Waals surface area contributed by atoms with E-state index in [0.29, 0.717) is 42.7 Å². The summed E-state index contributed by atoms with van der Waals surface area (Å²) in [6, 6.07) is 8.49. The molecule has 1 saturated heterocycles. The molecule has 11 heteroatoms. The van der Waals surface area contributed by atoms with Gasteiger partial charge in [0.25, 0.3) is 0 Å². The fraction of sp³-hybridized carbons (Fsp3) is 0.650. The zero-order valence-electron chi connectivity index (χ0n) is 17.9. The Balaban J connectivity index is 0.00000480. The molecule has 0 unspecified atom stereocenters. The highest BCUT2D eigenvalue weighted by atomic mass is 127. The van der Waals surface area contributed by atoms with Crippen LogP contribution in [-0.4, -0.2) is 56.9 Å². The van der Waals surface area contributed by atoms with Crippen LogP contribution in [0.3, 0.4) is 0 Å². The Hall–Kier alpha value is -1.08. The number of hydrogen-bond acceptors (Lipinski definition) is 3. The van der Waals surface area contributed by atoms with Crippen molar-refractivity contribution in [2.75, 3.05) is 32.7 Å². The Morgan fingerprint density at radius 1 is 1.10 bits per heavy atom. The third-order valence-corrected chi connectivity index (χ3v) is 6.83. The molecule has 1 fully saturated rings. The molecule has 178 valence electrons. The molecule has 1 aliphatic rings. The van der Waals surface area contributed by atoms with Crippen molar-refractivity contribution in [3.63, 3.8) is 0 Å². The van der Waals surface area contributed by atoms with Crippen LogP contribution in [0.5, 0.6) is 0 Å². The second kappa shape index (κ2) is 12.8. The van der Waals surface area contributed by atoms with E-state index in [1.807, 2.05) is 6.92 Å². The molecule has 0 atom stereocenters. The first-order chi connectivity index (χ1) is 14.2. The number of halogens is 4. The van der Waals surface area contributed by atoms with E-state index in [2.05, 4.69) is 46.8 Å². The van der Waals surface area contributed by atoms with E-state index in [1.165, 1.54) is 11.1 Å². The highest BCUT2D eigenvalue weighted by Crippen LogP contribution is 2.30. The Kier molecular flexibility index (Phi) is 11.6. The van der Waals surface area contributed by atoms with Crippen molar-refractivity contribution in [3.8, 4) is 0 Å². The SMILES string of the molecule is CCNC(=NCC1CCN(S(=O)(=O)C(F)(F)F)CC1)NCCc1ccc(CC)cc1.I. The summed E-state index contributed by atoms with van der Waals surface area (Å²) in [5, 5.41) is 6.44. The van der Waals surface area contributed by atoms with Gasteiger partial charge in [0.15, 0.2) is 5.96 Å². The van der Waals surface area contributed by atoms with Crippen LogP contribution < -0.4 is 10.6 Å². The van der Waals surface area contributed by atoms with Crippen molar-refractivity contribution in [3.05, 3.63) is 35.4 Å². The first-order valence-electron chi connectivity index (χ1n) is 10.3. The van der Waals surface area contributed by atoms with Gasteiger partial charge >= 0.3 is 15.5 Å². The van der Waals surface area contributed by atoms with Gasteiger partial charge in [-0.2, -0.15) is 17.5 Å². The molecular weight excluding hydrogens is 544 g/mol. The van der Waals surface area contributed by atoms with Gasteiger partial charge in [-0.3, -0.25) is 4.99 Å². The van der Waals surface area contributed by atoms with Gasteiger partial charge in [0.2, 0.25) is 0 Å². The number of piperidine rings is 1. The molecule has 1 aliphatic heterocycles. The van der Waals surface area contributed by atoms with Crippen molar-refractivity contribution in [1.29, 1.82) is 0 Å². The van der Waals surface area contributed by atoms with Crippen molar-refractivity contribution in [2.45, 2.75) is 45.0 Å². The Morgan fingerprint density at radius 3 is 2.19 bits per heavy atom. The van der Waals surface area contributed by atoms with Crippen molar-refractivity contribution in [1.82, 2.24) is 14.9 Å². The number of alkyl halides is 3. The highest BCUT2D eigenvalue weighted by molar-refractivity contribution is 14.0. The van der Waals surface area contributed by atoms with Gasteiger partial charge in [0.1, 0.15) is 0 Å². The van der Waals surface area contributed by atoms with E-state index in [-0.39, 0.29) is 43.0 Å². The number of guanidine groups is 1. The third kappa shape index (κ3) is 8.41. The second-order valence-electron chi connectivity index (χ2n) is 7.36. The largest absolute Gasteiger partial charge is 0.511 e. The van der Waals surface area contributed by atoms with Gasteiger partial charge in [-0.05, 0) is 49.7 Å². The van der Waals surface area contributed by atoms with Gasteiger partial charge in [-0.1, -0.05) is 31.2 Å². The Bertz CT molecular complexity index is 794. The number of nitrogens with zero attached hydrogens (tertiary/aromatic N) is 2. The summed E-state index contributed by atoms with van der Waals surface area (Å²) >= 11 is 0. The topological polar surface area (TPSA) is 73.8 Å². The lowest BCUT2D eigenvalue weighted by atomic mass is 9.98. The molecule has 0 spiro atoms. The molecule has 0 bridgehead atoms. The van der Waals surface area contributed by atoms with E-state index >= 15 is 0 Å². The number of sulfonamides is 1. The van der Waals surface area contributed by atoms with Crippen LogP contribution in [0.15, 0.2) is 29.3 Å². The maximum absolute atomic E-state index is 12.7. The minimum atomic E-state index is -5.24. The summed E-state index contributed by atoms with van der Waals surface area (Å²) in [4.78, 5) is 4.54. The Morgan fingerprint density at radius 2 is 1.68 bits per heavy atom. The van der Waals surface area contributed by atoms with Crippen LogP contribution in [0, 0.1) is 5.92 Å². The molecule has 0 radical (unpaired) electrons. The van der Waals surface area contributed by atoms with Crippen LogP contribution in [0.4, 0.5) is 13.2 Å². The van der Waals surface area contributed by atoms with Gasteiger partial charge in [-0.25, -0.2) is 8.42 Å². The molecule has 2 rings (SSSR count). The first-order valence-corrected chi connectivity index (χ1v) is 11.8. The molecular formula is C20H32F3IN4O2S. The quantitative estimate of drug-likeness (QED) is 0.282. The maximum atomic E-state index is 12.7. The van der Waals surface area contributed by atoms with Gasteiger partial charge < -0.3 is 10.6 Å². The lowest BCUT2D eigenvalue weighted by Crippen LogP contribution is -2.45. The zero-order valence-corrected chi connectivity index (χ0v) is 21.1. The van der Waals surface area contributed by atoms with E-state index < -0.39 is 15.5 Å². The van der Waals surface area contributed by atoms with Gasteiger partial charge in [-0.15, -0.1) is 24.0 Å². The van der Waals surface area contributed by atoms with Crippen LogP contribution in [0.1, 0.15) is 37.8 Å². The first kappa shape index (κ1) is 28.0. The van der Waals surface area contributed by atoms with E-state index in [9.17, 15) is 21.6 Å². The van der Waals surface area contributed by atoms with Crippen molar-refractivity contribution >= 4 is 40.0 Å². The minimum absolute atomic E-state index is 0. The smallest absolute Gasteiger partial charge is 0.357 e. The summed E-state index contributed by atoms with van der Waals surface area (Å²) in [5.41, 5.74) is -2.71. The zero-order chi connectivity index (χ0) is 22.2. The van der Waals surface area contributed by atoms with E-state index in [0.717, 1.165) is 12.8 Å². The lowest BCUT2D eigenvalue weighted by Gasteiger charge is -2.30. The van der Waals surface area contributed by atoms with Crippen molar-refractivity contribution < 1.29 is 21.6 Å². The summed E-state index contributed by atoms with van der Waals surface area (Å²) in [6.45, 7) is 5.68. The number of hydrogen-bond donors (Lipinski definition) is 2. The third-order valence-electron chi connectivity index (χ3n) is 5.20. The van der Waals surface area contributed by atoms with Crippen LogP contribution in [-0.2, 0) is 22.9 Å². The lowest BCUT2D eigenvalue weighted by molar-refractivity contribution is -0.0496. The number of aliphatic imine (C=N–C) groups is 1. The monoisotopic (exact) mass is 576 g/mol. The molecule has 0 aliphatic carbocycles. The van der Waals surface area contributed by atoms with Crippen molar-refractivity contribution in [2.24, 2.45) is 10.9 Å². The molecule has 0 amide bonds. The normalized spacial score (nSPS) is 16.6. The fourth-order valence-electron chi connectivity index (χ4n) is 3.31. The van der Waals surface area contributed by atoms with Crippen LogP contribution in [0.25, 0.3) is 0 Å². The van der Waals surface area contributed by atoms with E-state index in [1.54, 1.807) is 0 Å². The Labute approximate surface area is 200 Å². The van der Waals surface area contributed by atoms with Gasteiger partial charge in [0, 0.05) is 32.7 Å². The van der Waals surface area contributed by atoms with Crippen LogP contribution >= 0.6 is 24.0 Å². The summed E-state index contributed by atoms with van der Waals surface area (Å²) < 4.78 is 61.5. The molecule has 1 aromatic rings. The molecule has 0 aromatic heterocycles. The maximum Gasteiger partial charge on any atom is 0.511 e. The molecule has 1 heterocycles. The number of aryl methyl sites for hydroxylation is 1. The summed E-state index contributed by atoms with van der Waals surface area (Å²) in [7, 11) is -5.23. The minimum Gasteiger partial charge on any atom is -0.357 e. The molecule has 6 nitrogen and oxygen atoms in total. The average Bonchev–Trinajstić information content (AvgIpc) is 2.72. The molecule has 2 N–H and O–H groups in total. The van der Waals surface area contributed by atoms with E-state index in [4.69, 9.17) is 0 Å². The molecule has 0 saturated carbocycles. The number of rotatable bonds is 8. The molecule has 31 heavy (non-hydrogen) atoms. The summed E-state index contributed by atoms with van der Waals surface area (Å²) in [6.07, 6.45) is 2.59. The number of nitrogens with one attached hydrogen (secondary N) is 2. The summed E-state index contributed by atoms with van der Waals surface area (Å²) in [5.74, 6) is 0.717. The predicted octanol–water partition coefficient (Wildman–Crippen LogP) is 3.53. The standard InChI is InChI=1S/C20H31F3N4O2S.HI/c1-3-16-5-7-17(8-6-16)9-12-25-19(24-4-2)26-15-18-10-13-27(14-11-18)30(28,29)20(21,22)23;/h5-8,18H,3-4,9-15H2,1-2H3,(H2,24,25,26);1H. The second-order valence-corrected chi connectivity index (χ2v) is 9.29. The van der Waals surface area contributed by atoms with Gasteiger partial charge in [0.05, 0.1) is 0 Å². The van der Waals surface area contributed by atoms with Crippen LogP contribution in [0.2, 0.25) is 0 Å². The predicted molar refractivity (Wildman–Crippen MR) is 128 cm³/mol. The fourth-order valence-corrected chi connectivity index (χ4v) is 4.29.